The molecule has 3 aliphatic heterocycles. The van der Waals surface area contributed by atoms with E-state index in [1.165, 1.54) is 37.8 Å². The fourth-order valence-corrected chi connectivity index (χ4v) is 6.17. The Morgan fingerprint density at radius 2 is 2.04 bits per heavy atom. The van der Waals surface area contributed by atoms with E-state index >= 15 is 0 Å². The first-order valence-electron chi connectivity index (χ1n) is 9.16. The van der Waals surface area contributed by atoms with Gasteiger partial charge in [0.25, 0.3) is 0 Å². The van der Waals surface area contributed by atoms with Crippen LogP contribution in [0.15, 0.2) is 29.2 Å². The maximum atomic E-state index is 11.6. The molecule has 3 fully saturated rings. The highest BCUT2D eigenvalue weighted by molar-refractivity contribution is 8.00. The summed E-state index contributed by atoms with van der Waals surface area (Å²) in [6, 6.07) is 8.09. The number of piperazine rings is 1. The lowest BCUT2D eigenvalue weighted by atomic mass is 10.0. The Hall–Kier alpha value is -0.600. The van der Waals surface area contributed by atoms with Crippen LogP contribution in [-0.2, 0) is 9.84 Å². The van der Waals surface area contributed by atoms with Gasteiger partial charge in [0.15, 0.2) is 9.84 Å². The molecule has 4 unspecified atom stereocenters. The van der Waals surface area contributed by atoms with Crippen molar-refractivity contribution >= 4 is 21.6 Å². The molecule has 0 saturated carbocycles. The van der Waals surface area contributed by atoms with Crippen LogP contribution in [0.3, 0.4) is 0 Å². The number of nitrogens with one attached hydrogen (secondary N) is 2. The number of hydrogen-bond donors (Lipinski definition) is 2. The van der Waals surface area contributed by atoms with Gasteiger partial charge in [-0.25, -0.2) is 8.42 Å². The van der Waals surface area contributed by atoms with Crippen molar-refractivity contribution in [2.75, 3.05) is 31.6 Å². The Labute approximate surface area is 154 Å². The third kappa shape index (κ3) is 3.90. The van der Waals surface area contributed by atoms with E-state index in [0.29, 0.717) is 17.1 Å². The van der Waals surface area contributed by atoms with Crippen molar-refractivity contribution in [2.45, 2.75) is 47.7 Å². The molecule has 25 heavy (non-hydrogen) atoms. The molecule has 1 aromatic carbocycles. The van der Waals surface area contributed by atoms with E-state index in [-0.39, 0.29) is 6.04 Å². The summed E-state index contributed by atoms with van der Waals surface area (Å²) in [6.45, 7) is 3.23. The molecule has 3 aliphatic rings. The number of likely N-dealkylation sites (tertiary alicyclic amines) is 1. The lowest BCUT2D eigenvalue weighted by Gasteiger charge is -2.39. The van der Waals surface area contributed by atoms with E-state index in [4.69, 9.17) is 0 Å². The average molecular weight is 382 g/mol. The molecule has 0 aromatic heterocycles. The topological polar surface area (TPSA) is 61.4 Å². The third-order valence-electron chi connectivity index (χ3n) is 5.63. The van der Waals surface area contributed by atoms with Crippen LogP contribution >= 0.6 is 11.8 Å². The molecule has 4 rings (SSSR count). The van der Waals surface area contributed by atoms with Crippen molar-refractivity contribution in [1.29, 1.82) is 0 Å². The maximum absolute atomic E-state index is 11.6. The van der Waals surface area contributed by atoms with Crippen LogP contribution in [0.5, 0.6) is 0 Å². The van der Waals surface area contributed by atoms with Crippen molar-refractivity contribution in [1.82, 2.24) is 15.5 Å². The molecule has 5 nitrogen and oxygen atoms in total. The molecular formula is C18H27N3O2S2. The van der Waals surface area contributed by atoms with Gasteiger partial charge in [-0.3, -0.25) is 10.2 Å². The molecule has 0 bridgehead atoms. The Balaban J connectivity index is 1.44. The fourth-order valence-electron chi connectivity index (χ4n) is 4.24. The summed E-state index contributed by atoms with van der Waals surface area (Å²) in [5, 5.41) is 8.31. The number of fused-ring (bicyclic) bond motifs is 1. The van der Waals surface area contributed by atoms with Gasteiger partial charge in [-0.2, -0.15) is 11.8 Å². The SMILES string of the molecule is CS(=O)(=O)c1ccc(C2CNC3CCN(CC4CCCS4)C3N2)cc1. The Bertz CT molecular complexity index is 702. The van der Waals surface area contributed by atoms with Gasteiger partial charge in [0.2, 0.25) is 0 Å². The quantitative estimate of drug-likeness (QED) is 0.827. The molecule has 138 valence electrons. The number of rotatable bonds is 4. The van der Waals surface area contributed by atoms with Gasteiger partial charge in [0, 0.05) is 43.2 Å². The molecule has 1 aromatic rings. The van der Waals surface area contributed by atoms with Crippen LogP contribution in [0.25, 0.3) is 0 Å². The van der Waals surface area contributed by atoms with E-state index in [0.717, 1.165) is 23.9 Å². The fraction of sp³-hybridized carbons (Fsp3) is 0.667. The minimum atomic E-state index is -3.13. The second-order valence-corrected chi connectivity index (χ2v) is 10.9. The summed E-state index contributed by atoms with van der Waals surface area (Å²) in [4.78, 5) is 3.00. The van der Waals surface area contributed by atoms with Crippen LogP contribution in [0, 0.1) is 0 Å². The summed E-state index contributed by atoms with van der Waals surface area (Å²) < 4.78 is 23.3. The van der Waals surface area contributed by atoms with Gasteiger partial charge in [-0.15, -0.1) is 0 Å². The van der Waals surface area contributed by atoms with Gasteiger partial charge in [-0.05, 0) is 42.7 Å². The predicted octanol–water partition coefficient (Wildman–Crippen LogP) is 1.62. The van der Waals surface area contributed by atoms with Crippen LogP contribution < -0.4 is 10.6 Å². The van der Waals surface area contributed by atoms with Crippen LogP contribution in [0.2, 0.25) is 0 Å². The van der Waals surface area contributed by atoms with Gasteiger partial charge in [0.05, 0.1) is 11.1 Å². The van der Waals surface area contributed by atoms with E-state index in [9.17, 15) is 8.42 Å². The van der Waals surface area contributed by atoms with Crippen LogP contribution in [-0.4, -0.2) is 62.4 Å². The normalized spacial score (nSPS) is 33.5. The molecule has 0 aliphatic carbocycles. The summed E-state index contributed by atoms with van der Waals surface area (Å²) >= 11 is 2.12. The first-order valence-corrected chi connectivity index (χ1v) is 12.1. The summed E-state index contributed by atoms with van der Waals surface area (Å²) in [5.41, 5.74) is 1.15. The Morgan fingerprint density at radius 3 is 2.72 bits per heavy atom. The smallest absolute Gasteiger partial charge is 0.175 e. The highest BCUT2D eigenvalue weighted by atomic mass is 32.2. The first kappa shape index (κ1) is 17.8. The van der Waals surface area contributed by atoms with Gasteiger partial charge >= 0.3 is 0 Å². The molecule has 3 saturated heterocycles. The second kappa shape index (κ2) is 7.19. The van der Waals surface area contributed by atoms with E-state index < -0.39 is 9.84 Å². The van der Waals surface area contributed by atoms with E-state index in [1.807, 2.05) is 12.1 Å². The number of nitrogens with zero attached hydrogens (tertiary/aromatic N) is 1. The van der Waals surface area contributed by atoms with Crippen molar-refractivity contribution in [2.24, 2.45) is 0 Å². The van der Waals surface area contributed by atoms with Crippen LogP contribution in [0.4, 0.5) is 0 Å². The Morgan fingerprint density at radius 1 is 1.24 bits per heavy atom. The average Bonchev–Trinajstić information content (AvgIpc) is 3.24. The van der Waals surface area contributed by atoms with Gasteiger partial charge in [0.1, 0.15) is 0 Å². The molecule has 2 N–H and O–H groups in total. The first-order chi connectivity index (χ1) is 12.0. The summed E-state index contributed by atoms with van der Waals surface area (Å²) in [6.07, 6.45) is 5.55. The number of hydrogen-bond acceptors (Lipinski definition) is 6. The Kier molecular flexibility index (Phi) is 5.12. The van der Waals surface area contributed by atoms with Crippen molar-refractivity contribution in [3.63, 3.8) is 0 Å². The molecule has 7 heteroatoms. The highest BCUT2D eigenvalue weighted by Gasteiger charge is 2.39. The number of thioether (sulfide) groups is 1. The monoisotopic (exact) mass is 381 g/mol. The summed E-state index contributed by atoms with van der Waals surface area (Å²) in [5.74, 6) is 1.31. The molecule has 3 heterocycles. The predicted molar refractivity (Wildman–Crippen MR) is 103 cm³/mol. The highest BCUT2D eigenvalue weighted by Crippen LogP contribution is 2.31. The zero-order chi connectivity index (χ0) is 17.4. The van der Waals surface area contributed by atoms with Crippen molar-refractivity contribution < 1.29 is 8.42 Å². The number of benzene rings is 1. The number of sulfone groups is 1. The van der Waals surface area contributed by atoms with Gasteiger partial charge < -0.3 is 5.32 Å². The molecule has 0 radical (unpaired) electrons. The molecule has 0 spiro atoms. The minimum absolute atomic E-state index is 0.228. The van der Waals surface area contributed by atoms with Crippen molar-refractivity contribution in [3.8, 4) is 0 Å². The zero-order valence-electron chi connectivity index (χ0n) is 14.6. The maximum Gasteiger partial charge on any atom is 0.175 e. The lowest BCUT2D eigenvalue weighted by Crippen LogP contribution is -2.60. The molecular weight excluding hydrogens is 354 g/mol. The van der Waals surface area contributed by atoms with E-state index in [1.54, 1.807) is 12.1 Å². The standard InChI is InChI=1S/C18H27N3O2S2/c1-25(22,23)15-6-4-13(5-7-15)17-11-19-16-8-9-21(18(16)20-17)12-14-3-2-10-24-14/h4-7,14,16-20H,2-3,8-12H2,1H3. The molecule has 4 atom stereocenters. The van der Waals surface area contributed by atoms with Crippen molar-refractivity contribution in [3.05, 3.63) is 29.8 Å². The third-order valence-corrected chi connectivity index (χ3v) is 8.14. The zero-order valence-corrected chi connectivity index (χ0v) is 16.3. The second-order valence-electron chi connectivity index (χ2n) is 7.44. The van der Waals surface area contributed by atoms with E-state index in [2.05, 4.69) is 27.3 Å². The van der Waals surface area contributed by atoms with Crippen LogP contribution in [0.1, 0.15) is 30.9 Å². The van der Waals surface area contributed by atoms with Gasteiger partial charge in [-0.1, -0.05) is 12.1 Å². The summed E-state index contributed by atoms with van der Waals surface area (Å²) in [7, 11) is -3.13. The lowest BCUT2D eigenvalue weighted by molar-refractivity contribution is 0.154. The largest absolute Gasteiger partial charge is 0.309 e. The minimum Gasteiger partial charge on any atom is -0.309 e. The molecule has 0 amide bonds.